The van der Waals surface area contributed by atoms with E-state index in [1.165, 1.54) is 0 Å². The summed E-state index contributed by atoms with van der Waals surface area (Å²) in [5.41, 5.74) is 1.24. The maximum absolute atomic E-state index is 12.2. The smallest absolute Gasteiger partial charge is 0.259 e. The lowest BCUT2D eigenvalue weighted by atomic mass is 10.1. The van der Waals surface area contributed by atoms with Crippen molar-refractivity contribution in [1.82, 2.24) is 9.97 Å². The summed E-state index contributed by atoms with van der Waals surface area (Å²) >= 11 is 6.31. The molecular formula is C19H19ClN2O2. The number of hydrogen-bond acceptors (Lipinski definition) is 3. The third kappa shape index (κ3) is 3.60. The molecule has 124 valence electrons. The van der Waals surface area contributed by atoms with Gasteiger partial charge in [-0.3, -0.25) is 4.79 Å². The molecule has 0 spiro atoms. The Morgan fingerprint density at radius 3 is 2.75 bits per heavy atom. The largest absolute Gasteiger partial charge is 0.492 e. The summed E-state index contributed by atoms with van der Waals surface area (Å²) in [6, 6.07) is 12.7. The molecule has 4 nitrogen and oxygen atoms in total. The van der Waals surface area contributed by atoms with Crippen molar-refractivity contribution < 1.29 is 4.74 Å². The van der Waals surface area contributed by atoms with Gasteiger partial charge in [-0.15, -0.1) is 0 Å². The monoisotopic (exact) mass is 342 g/mol. The van der Waals surface area contributed by atoms with Crippen LogP contribution in [0.25, 0.3) is 22.3 Å². The van der Waals surface area contributed by atoms with Crippen molar-refractivity contribution in [2.75, 3.05) is 6.61 Å². The normalized spacial score (nSPS) is 11.2. The number of nitrogens with one attached hydrogen (secondary N) is 1. The minimum Gasteiger partial charge on any atom is -0.492 e. The number of ether oxygens (including phenoxy) is 1. The lowest BCUT2D eigenvalue weighted by Crippen LogP contribution is -2.09. The zero-order chi connectivity index (χ0) is 17.1. The van der Waals surface area contributed by atoms with Gasteiger partial charge in [0.1, 0.15) is 11.6 Å². The van der Waals surface area contributed by atoms with E-state index < -0.39 is 0 Å². The lowest BCUT2D eigenvalue weighted by Gasteiger charge is -2.11. The van der Waals surface area contributed by atoms with Crippen molar-refractivity contribution in [1.29, 1.82) is 0 Å². The fraction of sp³-hybridized carbons (Fsp3) is 0.263. The Kier molecular flexibility index (Phi) is 4.86. The highest BCUT2D eigenvalue weighted by molar-refractivity contribution is 6.32. The Bertz CT molecular complexity index is 919. The van der Waals surface area contributed by atoms with E-state index in [2.05, 4.69) is 23.8 Å². The van der Waals surface area contributed by atoms with Crippen molar-refractivity contribution >= 4 is 22.5 Å². The topological polar surface area (TPSA) is 55.0 Å². The number of rotatable bonds is 5. The third-order valence-electron chi connectivity index (χ3n) is 3.77. The van der Waals surface area contributed by atoms with Crippen molar-refractivity contribution in [3.8, 4) is 17.1 Å². The molecule has 0 saturated heterocycles. The van der Waals surface area contributed by atoms with E-state index in [0.29, 0.717) is 40.0 Å². The van der Waals surface area contributed by atoms with Crippen LogP contribution in [0.1, 0.15) is 20.3 Å². The molecule has 0 amide bonds. The molecule has 1 heterocycles. The van der Waals surface area contributed by atoms with E-state index in [4.69, 9.17) is 16.3 Å². The second kappa shape index (κ2) is 7.05. The number of nitrogens with zero attached hydrogens (tertiary/aromatic N) is 1. The number of aromatic amines is 1. The molecule has 1 aromatic heterocycles. The molecule has 0 unspecified atom stereocenters. The molecule has 24 heavy (non-hydrogen) atoms. The third-order valence-corrected chi connectivity index (χ3v) is 4.07. The van der Waals surface area contributed by atoms with E-state index in [9.17, 15) is 4.79 Å². The van der Waals surface area contributed by atoms with Gasteiger partial charge >= 0.3 is 0 Å². The second-order valence-electron chi connectivity index (χ2n) is 6.11. The summed E-state index contributed by atoms with van der Waals surface area (Å²) in [6.45, 7) is 4.92. The highest BCUT2D eigenvalue weighted by Gasteiger charge is 2.09. The van der Waals surface area contributed by atoms with Gasteiger partial charge in [-0.2, -0.15) is 0 Å². The number of halogens is 1. The molecule has 0 aliphatic heterocycles. The molecule has 1 N–H and O–H groups in total. The number of benzene rings is 2. The van der Waals surface area contributed by atoms with Gasteiger partial charge in [0, 0.05) is 5.56 Å². The Balaban J connectivity index is 1.90. The molecule has 0 aliphatic rings. The Hall–Kier alpha value is -2.33. The van der Waals surface area contributed by atoms with E-state index in [1.54, 1.807) is 12.1 Å². The highest BCUT2D eigenvalue weighted by atomic mass is 35.5. The number of fused-ring (bicyclic) bond motifs is 1. The fourth-order valence-electron chi connectivity index (χ4n) is 2.39. The molecule has 0 fully saturated rings. The summed E-state index contributed by atoms with van der Waals surface area (Å²) in [4.78, 5) is 19.5. The van der Waals surface area contributed by atoms with Crippen LogP contribution in [0.15, 0.2) is 47.3 Å². The molecule has 0 aliphatic carbocycles. The predicted octanol–water partition coefficient (Wildman–Crippen LogP) is 4.67. The minimum absolute atomic E-state index is 0.163. The zero-order valence-electron chi connectivity index (χ0n) is 13.7. The summed E-state index contributed by atoms with van der Waals surface area (Å²) in [7, 11) is 0. The van der Waals surface area contributed by atoms with Crippen molar-refractivity contribution in [2.45, 2.75) is 20.3 Å². The number of para-hydroxylation sites is 1. The van der Waals surface area contributed by atoms with Gasteiger partial charge in [0.2, 0.25) is 0 Å². The van der Waals surface area contributed by atoms with Crippen LogP contribution in [0, 0.1) is 5.92 Å². The SMILES string of the molecule is CC(C)CCOc1ccc(-c2nc3ccccc3c(=O)[nH]2)cc1Cl. The molecule has 3 rings (SSSR count). The molecule has 0 saturated carbocycles. The van der Waals surface area contributed by atoms with Crippen LogP contribution in [0.5, 0.6) is 5.75 Å². The summed E-state index contributed by atoms with van der Waals surface area (Å²) in [5, 5.41) is 1.08. The first-order valence-corrected chi connectivity index (χ1v) is 8.34. The first-order chi connectivity index (χ1) is 11.5. The highest BCUT2D eigenvalue weighted by Crippen LogP contribution is 2.29. The first-order valence-electron chi connectivity index (χ1n) is 7.96. The van der Waals surface area contributed by atoms with Gasteiger partial charge in [-0.1, -0.05) is 37.6 Å². The van der Waals surface area contributed by atoms with Crippen LogP contribution >= 0.6 is 11.6 Å². The average Bonchev–Trinajstić information content (AvgIpc) is 2.56. The van der Waals surface area contributed by atoms with Gasteiger partial charge < -0.3 is 9.72 Å². The number of hydrogen-bond donors (Lipinski definition) is 1. The maximum atomic E-state index is 12.2. The van der Waals surface area contributed by atoms with Crippen LogP contribution in [-0.2, 0) is 0 Å². The number of aromatic nitrogens is 2. The summed E-state index contributed by atoms with van der Waals surface area (Å²) < 4.78 is 5.71. The van der Waals surface area contributed by atoms with E-state index in [-0.39, 0.29) is 5.56 Å². The Morgan fingerprint density at radius 2 is 2.00 bits per heavy atom. The Labute approximate surface area is 145 Å². The second-order valence-corrected chi connectivity index (χ2v) is 6.52. The minimum atomic E-state index is -0.163. The molecule has 0 radical (unpaired) electrons. The molecular weight excluding hydrogens is 324 g/mol. The fourth-order valence-corrected chi connectivity index (χ4v) is 2.63. The lowest BCUT2D eigenvalue weighted by molar-refractivity contribution is 0.289. The van der Waals surface area contributed by atoms with Crippen LogP contribution in [0.4, 0.5) is 0 Å². The predicted molar refractivity (Wildman–Crippen MR) is 97.8 cm³/mol. The van der Waals surface area contributed by atoms with Gasteiger partial charge in [0.25, 0.3) is 5.56 Å². The van der Waals surface area contributed by atoms with Crippen molar-refractivity contribution in [3.05, 3.63) is 57.8 Å². The van der Waals surface area contributed by atoms with Gasteiger partial charge in [0.15, 0.2) is 0 Å². The first kappa shape index (κ1) is 16.5. The van der Waals surface area contributed by atoms with Crippen LogP contribution < -0.4 is 10.3 Å². The average molecular weight is 343 g/mol. The van der Waals surface area contributed by atoms with Crippen molar-refractivity contribution in [3.63, 3.8) is 0 Å². The van der Waals surface area contributed by atoms with E-state index >= 15 is 0 Å². The zero-order valence-corrected chi connectivity index (χ0v) is 14.4. The van der Waals surface area contributed by atoms with Gasteiger partial charge in [-0.05, 0) is 42.7 Å². The van der Waals surface area contributed by atoms with Crippen LogP contribution in [0.3, 0.4) is 0 Å². The van der Waals surface area contributed by atoms with Crippen LogP contribution in [-0.4, -0.2) is 16.6 Å². The maximum Gasteiger partial charge on any atom is 0.259 e. The van der Waals surface area contributed by atoms with Gasteiger partial charge in [-0.25, -0.2) is 4.98 Å². The quantitative estimate of drug-likeness (QED) is 0.733. The van der Waals surface area contributed by atoms with Crippen molar-refractivity contribution in [2.24, 2.45) is 5.92 Å². The number of H-pyrrole nitrogens is 1. The van der Waals surface area contributed by atoms with E-state index in [1.807, 2.05) is 30.3 Å². The summed E-state index contributed by atoms with van der Waals surface area (Å²) in [5.74, 6) is 1.72. The molecule has 0 atom stereocenters. The molecule has 2 aromatic carbocycles. The van der Waals surface area contributed by atoms with Gasteiger partial charge in [0.05, 0.1) is 22.5 Å². The molecule has 3 aromatic rings. The molecule has 0 bridgehead atoms. The van der Waals surface area contributed by atoms with Crippen LogP contribution in [0.2, 0.25) is 5.02 Å². The Morgan fingerprint density at radius 1 is 1.21 bits per heavy atom. The molecule has 5 heteroatoms. The van der Waals surface area contributed by atoms with E-state index in [0.717, 1.165) is 12.0 Å². The standard InChI is InChI=1S/C19H19ClN2O2/c1-12(2)9-10-24-17-8-7-13(11-15(17)20)18-21-16-6-4-3-5-14(16)19(23)22-18/h3-8,11-12H,9-10H2,1-2H3,(H,21,22,23). The summed E-state index contributed by atoms with van der Waals surface area (Å²) in [6.07, 6.45) is 0.970.